The molecule has 1 heterocycles. The van der Waals surface area contributed by atoms with Crippen molar-refractivity contribution in [2.45, 2.75) is 44.8 Å². The molecule has 2 N–H and O–H groups in total. The molecule has 5 rings (SSSR count). The molecule has 0 bridgehead atoms. The van der Waals surface area contributed by atoms with Crippen LogP contribution in [0.15, 0.2) is 91.0 Å². The summed E-state index contributed by atoms with van der Waals surface area (Å²) in [7, 11) is 1.74. The molecule has 1 aliphatic rings. The normalized spacial score (nSPS) is 15.8. The van der Waals surface area contributed by atoms with Crippen molar-refractivity contribution in [3.63, 3.8) is 0 Å². The summed E-state index contributed by atoms with van der Waals surface area (Å²) < 4.78 is 0. The fourth-order valence-electron chi connectivity index (χ4n) is 5.14. The molecule has 6 heteroatoms. The van der Waals surface area contributed by atoms with Gasteiger partial charge in [0.1, 0.15) is 6.04 Å². The average molecular weight is 528 g/mol. The molecule has 4 aromatic rings. The molecular formula is C32H34ClN3O2. The molecule has 1 aliphatic heterocycles. The van der Waals surface area contributed by atoms with E-state index in [9.17, 15) is 9.59 Å². The van der Waals surface area contributed by atoms with Crippen molar-refractivity contribution < 1.29 is 9.59 Å². The fraction of sp³-hybridized carbons (Fsp3) is 0.250. The van der Waals surface area contributed by atoms with Crippen molar-refractivity contribution in [1.29, 1.82) is 0 Å². The molecule has 4 aromatic carbocycles. The second kappa shape index (κ2) is 12.2. The molecule has 0 spiro atoms. The van der Waals surface area contributed by atoms with Crippen molar-refractivity contribution in [2.75, 3.05) is 11.9 Å². The van der Waals surface area contributed by atoms with Gasteiger partial charge in [0.05, 0.1) is 12.6 Å². The number of likely N-dealkylation sites (N-methyl/N-ethyl adjacent to an activating group) is 1. The van der Waals surface area contributed by atoms with Crippen LogP contribution in [-0.2, 0) is 29.0 Å². The van der Waals surface area contributed by atoms with E-state index in [4.69, 9.17) is 0 Å². The maximum absolute atomic E-state index is 13.9. The summed E-state index contributed by atoms with van der Waals surface area (Å²) in [6.07, 6.45) is 2.16. The number of benzene rings is 4. The van der Waals surface area contributed by atoms with E-state index >= 15 is 0 Å². The summed E-state index contributed by atoms with van der Waals surface area (Å²) in [4.78, 5) is 28.4. The number of para-hydroxylation sites is 1. The van der Waals surface area contributed by atoms with Crippen LogP contribution in [0.25, 0.3) is 10.8 Å². The highest BCUT2D eigenvalue weighted by atomic mass is 35.5. The Balaban J connectivity index is 0.00000336. The van der Waals surface area contributed by atoms with E-state index in [2.05, 4.69) is 77.4 Å². The first-order chi connectivity index (χ1) is 18.0. The standard InChI is InChI=1S/C32H33N3O2.ClH/c1-22(33-2)31(36)34-29-19-18-24-12-6-9-15-30(24)35(32(29)37)21-26-17-16-25(20-23-10-4-3-5-11-23)27-13-7-8-14-28(26)27;/h3-17,22,29,33H,18-21H2,1-2H3,(H,34,36);1H/t22-,29-;/m0./s1. The molecule has 0 saturated carbocycles. The van der Waals surface area contributed by atoms with E-state index < -0.39 is 6.04 Å². The summed E-state index contributed by atoms with van der Waals surface area (Å²) >= 11 is 0. The van der Waals surface area contributed by atoms with Gasteiger partial charge in [-0.05, 0) is 72.3 Å². The Kier molecular flexibility index (Phi) is 8.82. The lowest BCUT2D eigenvalue weighted by Crippen LogP contribution is -2.52. The van der Waals surface area contributed by atoms with Crippen LogP contribution in [0, 0.1) is 0 Å². The number of anilines is 1. The second-order valence-electron chi connectivity index (χ2n) is 9.76. The van der Waals surface area contributed by atoms with Gasteiger partial charge in [-0.15, -0.1) is 12.4 Å². The number of amides is 2. The van der Waals surface area contributed by atoms with E-state index in [0.29, 0.717) is 13.0 Å². The third kappa shape index (κ3) is 5.74. The quantitative estimate of drug-likeness (QED) is 0.337. The first-order valence-electron chi connectivity index (χ1n) is 13.0. The van der Waals surface area contributed by atoms with Crippen molar-refractivity contribution in [3.05, 3.63) is 113 Å². The zero-order valence-electron chi connectivity index (χ0n) is 21.8. The maximum atomic E-state index is 13.9. The van der Waals surface area contributed by atoms with E-state index in [1.165, 1.54) is 16.5 Å². The van der Waals surface area contributed by atoms with Gasteiger partial charge >= 0.3 is 0 Å². The predicted molar refractivity (Wildman–Crippen MR) is 157 cm³/mol. The van der Waals surface area contributed by atoms with Gasteiger partial charge in [-0.2, -0.15) is 0 Å². The minimum atomic E-state index is -0.570. The number of aryl methyl sites for hydroxylation is 1. The molecule has 2 amide bonds. The molecule has 196 valence electrons. The van der Waals surface area contributed by atoms with Crippen molar-refractivity contribution in [1.82, 2.24) is 10.6 Å². The van der Waals surface area contributed by atoms with Gasteiger partial charge in [0.2, 0.25) is 11.8 Å². The lowest BCUT2D eigenvalue weighted by molar-refractivity contribution is -0.128. The zero-order valence-corrected chi connectivity index (χ0v) is 22.6. The van der Waals surface area contributed by atoms with Crippen LogP contribution in [0.3, 0.4) is 0 Å². The molecule has 0 aliphatic carbocycles. The molecule has 0 fully saturated rings. The van der Waals surface area contributed by atoms with E-state index in [1.54, 1.807) is 14.0 Å². The number of hydrogen-bond acceptors (Lipinski definition) is 3. The van der Waals surface area contributed by atoms with Crippen molar-refractivity contribution >= 4 is 40.7 Å². The highest BCUT2D eigenvalue weighted by Gasteiger charge is 2.32. The van der Waals surface area contributed by atoms with Crippen LogP contribution in [0.5, 0.6) is 0 Å². The second-order valence-corrected chi connectivity index (χ2v) is 9.76. The number of halogens is 1. The number of fused-ring (bicyclic) bond motifs is 2. The van der Waals surface area contributed by atoms with E-state index in [-0.39, 0.29) is 30.3 Å². The number of carbonyl (C=O) groups excluding carboxylic acids is 2. The Hall–Kier alpha value is -3.67. The van der Waals surface area contributed by atoms with Crippen LogP contribution >= 0.6 is 12.4 Å². The van der Waals surface area contributed by atoms with Gasteiger partial charge in [0.15, 0.2) is 0 Å². The monoisotopic (exact) mass is 527 g/mol. The van der Waals surface area contributed by atoms with Crippen LogP contribution in [0.4, 0.5) is 5.69 Å². The Labute approximate surface area is 230 Å². The van der Waals surface area contributed by atoms with Crippen molar-refractivity contribution in [2.24, 2.45) is 0 Å². The van der Waals surface area contributed by atoms with E-state index in [0.717, 1.165) is 35.0 Å². The maximum Gasteiger partial charge on any atom is 0.249 e. The summed E-state index contributed by atoms with van der Waals surface area (Å²) in [6.45, 7) is 2.24. The van der Waals surface area contributed by atoms with Crippen molar-refractivity contribution in [3.8, 4) is 0 Å². The average Bonchev–Trinajstić information content (AvgIpc) is 3.06. The zero-order chi connectivity index (χ0) is 25.8. The minimum Gasteiger partial charge on any atom is -0.343 e. The van der Waals surface area contributed by atoms with Crippen LogP contribution in [0.1, 0.15) is 35.6 Å². The lowest BCUT2D eigenvalue weighted by atomic mass is 9.95. The Morgan fingerprint density at radius 3 is 2.26 bits per heavy atom. The van der Waals surface area contributed by atoms with Gasteiger partial charge in [-0.25, -0.2) is 0 Å². The lowest BCUT2D eigenvalue weighted by Gasteiger charge is -2.27. The van der Waals surface area contributed by atoms with Gasteiger partial charge in [-0.3, -0.25) is 9.59 Å². The molecule has 38 heavy (non-hydrogen) atoms. The molecule has 0 aromatic heterocycles. The molecule has 2 atom stereocenters. The largest absolute Gasteiger partial charge is 0.343 e. The summed E-state index contributed by atoms with van der Waals surface area (Å²) in [5.74, 6) is -0.235. The van der Waals surface area contributed by atoms with Crippen LogP contribution in [0.2, 0.25) is 0 Å². The van der Waals surface area contributed by atoms with Crippen LogP contribution in [-0.4, -0.2) is 30.9 Å². The summed E-state index contributed by atoms with van der Waals surface area (Å²) in [5, 5.41) is 8.30. The molecule has 5 nitrogen and oxygen atoms in total. The van der Waals surface area contributed by atoms with Gasteiger partial charge in [0, 0.05) is 5.69 Å². The number of nitrogens with one attached hydrogen (secondary N) is 2. The smallest absolute Gasteiger partial charge is 0.249 e. The Morgan fingerprint density at radius 2 is 1.53 bits per heavy atom. The molecule has 0 radical (unpaired) electrons. The Morgan fingerprint density at radius 1 is 0.895 bits per heavy atom. The number of hydrogen-bond donors (Lipinski definition) is 2. The Bertz CT molecular complexity index is 1420. The highest BCUT2D eigenvalue weighted by Crippen LogP contribution is 2.31. The SMILES string of the molecule is CN[C@@H](C)C(=O)N[C@H]1CCc2ccccc2N(Cc2ccc(Cc3ccccc3)c3ccccc23)C1=O.Cl. The first kappa shape index (κ1) is 27.4. The highest BCUT2D eigenvalue weighted by molar-refractivity contribution is 6.01. The third-order valence-corrected chi connectivity index (χ3v) is 7.36. The molecule has 0 saturated heterocycles. The number of nitrogens with zero attached hydrogens (tertiary/aromatic N) is 1. The van der Waals surface area contributed by atoms with Gasteiger partial charge in [0.25, 0.3) is 0 Å². The predicted octanol–water partition coefficient (Wildman–Crippen LogP) is 5.42. The van der Waals surface area contributed by atoms with Gasteiger partial charge in [-0.1, -0.05) is 84.9 Å². The minimum absolute atomic E-state index is 0. The topological polar surface area (TPSA) is 61.4 Å². The first-order valence-corrected chi connectivity index (χ1v) is 13.0. The molecule has 0 unspecified atom stereocenters. The third-order valence-electron chi connectivity index (χ3n) is 7.36. The summed E-state index contributed by atoms with van der Waals surface area (Å²) in [5.41, 5.74) is 5.67. The summed E-state index contributed by atoms with van der Waals surface area (Å²) in [6, 6.07) is 30.4. The fourth-order valence-corrected chi connectivity index (χ4v) is 5.14. The molecular weight excluding hydrogens is 494 g/mol. The van der Waals surface area contributed by atoms with Crippen LogP contribution < -0.4 is 15.5 Å². The van der Waals surface area contributed by atoms with Gasteiger partial charge < -0.3 is 15.5 Å². The van der Waals surface area contributed by atoms with E-state index in [1.807, 2.05) is 29.2 Å². The number of carbonyl (C=O) groups is 2. The number of rotatable bonds is 7.